The summed E-state index contributed by atoms with van der Waals surface area (Å²) in [7, 11) is 1.53. The molecule has 0 heterocycles. The number of carbonyl (C=O) groups excluding carboxylic acids is 3. The fraction of sp³-hybridized carbons (Fsp3) is 0.500. The number of urea groups is 1. The van der Waals surface area contributed by atoms with Crippen LogP contribution in [0.1, 0.15) is 45.1 Å². The fourth-order valence-electron chi connectivity index (χ4n) is 3.31. The number of benzene rings is 1. The molecule has 1 aromatic carbocycles. The van der Waals surface area contributed by atoms with Crippen LogP contribution < -0.4 is 20.1 Å². The van der Waals surface area contributed by atoms with Gasteiger partial charge in [-0.25, -0.2) is 9.59 Å². The van der Waals surface area contributed by atoms with Gasteiger partial charge in [-0.1, -0.05) is 25.8 Å². The van der Waals surface area contributed by atoms with Gasteiger partial charge in [0.25, 0.3) is 5.91 Å². The van der Waals surface area contributed by atoms with Gasteiger partial charge in [-0.15, -0.1) is 0 Å². The Kier molecular flexibility index (Phi) is 9.18. The molecule has 8 heteroatoms. The van der Waals surface area contributed by atoms with Crippen LogP contribution in [0.2, 0.25) is 0 Å². The molecular weight excluding hydrogens is 388 g/mol. The number of hydrogen-bond donors (Lipinski definition) is 2. The van der Waals surface area contributed by atoms with Crippen LogP contribution in [0.4, 0.5) is 4.79 Å². The quantitative estimate of drug-likeness (QED) is 0.497. The minimum Gasteiger partial charge on any atom is -0.493 e. The molecular formula is C22H30N2O6. The van der Waals surface area contributed by atoms with Crippen LogP contribution in [0.25, 0.3) is 6.08 Å². The molecule has 1 fully saturated rings. The van der Waals surface area contributed by atoms with E-state index in [1.807, 2.05) is 6.92 Å². The predicted molar refractivity (Wildman–Crippen MR) is 112 cm³/mol. The number of imide groups is 1. The molecule has 2 N–H and O–H groups in total. The minimum absolute atomic E-state index is 0.0585. The van der Waals surface area contributed by atoms with Crippen molar-refractivity contribution in [2.45, 2.75) is 45.6 Å². The van der Waals surface area contributed by atoms with Crippen LogP contribution in [0.3, 0.4) is 0 Å². The highest BCUT2D eigenvalue weighted by molar-refractivity contribution is 5.96. The SMILES string of the molecule is CCOc1ccc(/C=C/C(=O)OCC(=O)NC(=O)N[C@@H]2CCCC[C@@H]2C)cc1OC. The predicted octanol–water partition coefficient (Wildman–Crippen LogP) is 3.05. The van der Waals surface area contributed by atoms with Gasteiger partial charge in [-0.2, -0.15) is 0 Å². The molecule has 0 bridgehead atoms. The van der Waals surface area contributed by atoms with E-state index in [0.717, 1.165) is 25.7 Å². The molecule has 0 aromatic heterocycles. The van der Waals surface area contributed by atoms with E-state index in [4.69, 9.17) is 14.2 Å². The molecule has 0 saturated heterocycles. The van der Waals surface area contributed by atoms with Gasteiger partial charge in [0, 0.05) is 12.1 Å². The fourth-order valence-corrected chi connectivity index (χ4v) is 3.31. The molecule has 1 aromatic rings. The average Bonchev–Trinajstić information content (AvgIpc) is 2.73. The first kappa shape index (κ1) is 23.3. The second-order valence-electron chi connectivity index (χ2n) is 7.17. The molecule has 1 aliphatic rings. The Balaban J connectivity index is 1.76. The topological polar surface area (TPSA) is 103 Å². The van der Waals surface area contributed by atoms with E-state index >= 15 is 0 Å². The molecule has 1 saturated carbocycles. The summed E-state index contributed by atoms with van der Waals surface area (Å²) >= 11 is 0. The zero-order chi connectivity index (χ0) is 21.9. The van der Waals surface area contributed by atoms with Crippen molar-refractivity contribution in [2.75, 3.05) is 20.3 Å². The van der Waals surface area contributed by atoms with Crippen molar-refractivity contribution in [3.05, 3.63) is 29.8 Å². The number of rotatable bonds is 8. The Bertz CT molecular complexity index is 777. The van der Waals surface area contributed by atoms with Crippen LogP contribution in [0.15, 0.2) is 24.3 Å². The van der Waals surface area contributed by atoms with Crippen molar-refractivity contribution in [3.63, 3.8) is 0 Å². The molecule has 30 heavy (non-hydrogen) atoms. The van der Waals surface area contributed by atoms with E-state index in [1.165, 1.54) is 19.3 Å². The summed E-state index contributed by atoms with van der Waals surface area (Å²) in [6, 6.07) is 4.72. The van der Waals surface area contributed by atoms with E-state index in [1.54, 1.807) is 18.2 Å². The summed E-state index contributed by atoms with van der Waals surface area (Å²) in [4.78, 5) is 35.6. The third kappa shape index (κ3) is 7.42. The maximum atomic E-state index is 11.9. The zero-order valence-electron chi connectivity index (χ0n) is 17.7. The maximum absolute atomic E-state index is 11.9. The van der Waals surface area contributed by atoms with E-state index < -0.39 is 24.5 Å². The smallest absolute Gasteiger partial charge is 0.331 e. The van der Waals surface area contributed by atoms with Crippen molar-refractivity contribution >= 4 is 24.0 Å². The first-order chi connectivity index (χ1) is 14.4. The molecule has 8 nitrogen and oxygen atoms in total. The Morgan fingerprint density at radius 3 is 2.63 bits per heavy atom. The van der Waals surface area contributed by atoms with E-state index in [-0.39, 0.29) is 6.04 Å². The first-order valence-electron chi connectivity index (χ1n) is 10.2. The first-order valence-corrected chi connectivity index (χ1v) is 10.2. The lowest BCUT2D eigenvalue weighted by Gasteiger charge is -2.29. The van der Waals surface area contributed by atoms with E-state index in [2.05, 4.69) is 17.6 Å². The lowest BCUT2D eigenvalue weighted by Crippen LogP contribution is -2.48. The molecule has 3 amide bonds. The normalized spacial score (nSPS) is 18.5. The monoisotopic (exact) mass is 418 g/mol. The minimum atomic E-state index is -0.695. The maximum Gasteiger partial charge on any atom is 0.331 e. The van der Waals surface area contributed by atoms with Gasteiger partial charge in [-0.05, 0) is 49.5 Å². The number of hydrogen-bond acceptors (Lipinski definition) is 6. The van der Waals surface area contributed by atoms with Crippen LogP contribution >= 0.6 is 0 Å². The third-order valence-corrected chi connectivity index (χ3v) is 4.93. The standard InChI is InChI=1S/C22H30N2O6/c1-4-29-18-11-9-16(13-19(18)28-3)10-12-21(26)30-14-20(25)24-22(27)23-17-8-6-5-7-15(17)2/h9-13,15,17H,4-8,14H2,1-3H3,(H2,23,24,25,27)/b12-10+/t15-,17+/m0/s1. The molecule has 2 atom stereocenters. The Hall–Kier alpha value is -3.03. The average molecular weight is 418 g/mol. The highest BCUT2D eigenvalue weighted by Gasteiger charge is 2.23. The Morgan fingerprint density at radius 2 is 1.93 bits per heavy atom. The largest absolute Gasteiger partial charge is 0.493 e. The summed E-state index contributed by atoms with van der Waals surface area (Å²) in [5.74, 6) is 0.158. The lowest BCUT2D eigenvalue weighted by molar-refractivity contribution is -0.143. The van der Waals surface area contributed by atoms with Crippen molar-refractivity contribution in [1.29, 1.82) is 0 Å². The molecule has 0 aliphatic heterocycles. The molecule has 2 rings (SSSR count). The van der Waals surface area contributed by atoms with Crippen molar-refractivity contribution in [1.82, 2.24) is 10.6 Å². The summed E-state index contributed by atoms with van der Waals surface area (Å²) < 4.78 is 15.6. The second kappa shape index (κ2) is 11.8. The van der Waals surface area contributed by atoms with E-state index in [0.29, 0.717) is 29.6 Å². The van der Waals surface area contributed by atoms with Crippen LogP contribution in [-0.4, -0.2) is 44.3 Å². The summed E-state index contributed by atoms with van der Waals surface area (Å²) in [5, 5.41) is 5.00. The summed E-state index contributed by atoms with van der Waals surface area (Å²) in [6.07, 6.45) is 6.92. The number of amides is 3. The highest BCUT2D eigenvalue weighted by Crippen LogP contribution is 2.28. The number of ether oxygens (including phenoxy) is 3. The molecule has 0 unspecified atom stereocenters. The highest BCUT2D eigenvalue weighted by atomic mass is 16.5. The van der Waals surface area contributed by atoms with Crippen molar-refractivity contribution in [2.24, 2.45) is 5.92 Å². The molecule has 164 valence electrons. The van der Waals surface area contributed by atoms with Gasteiger partial charge >= 0.3 is 12.0 Å². The van der Waals surface area contributed by atoms with Gasteiger partial charge in [0.05, 0.1) is 13.7 Å². The number of nitrogens with one attached hydrogen (secondary N) is 2. The third-order valence-electron chi connectivity index (χ3n) is 4.93. The summed E-state index contributed by atoms with van der Waals surface area (Å²) in [6.45, 7) is 3.93. The molecule has 0 radical (unpaired) electrons. The van der Waals surface area contributed by atoms with Gasteiger partial charge < -0.3 is 19.5 Å². The lowest BCUT2D eigenvalue weighted by atomic mass is 9.86. The number of methoxy groups -OCH3 is 1. The van der Waals surface area contributed by atoms with Gasteiger partial charge in [0.15, 0.2) is 18.1 Å². The molecule has 1 aliphatic carbocycles. The van der Waals surface area contributed by atoms with Crippen LogP contribution in [0, 0.1) is 5.92 Å². The zero-order valence-corrected chi connectivity index (χ0v) is 17.7. The van der Waals surface area contributed by atoms with Gasteiger partial charge in [0.2, 0.25) is 0 Å². The van der Waals surface area contributed by atoms with Gasteiger partial charge in [-0.3, -0.25) is 10.1 Å². The second-order valence-corrected chi connectivity index (χ2v) is 7.17. The summed E-state index contributed by atoms with van der Waals surface area (Å²) in [5.41, 5.74) is 0.706. The number of esters is 1. The van der Waals surface area contributed by atoms with Gasteiger partial charge in [0.1, 0.15) is 0 Å². The van der Waals surface area contributed by atoms with Crippen LogP contribution in [-0.2, 0) is 14.3 Å². The van der Waals surface area contributed by atoms with E-state index in [9.17, 15) is 14.4 Å². The number of carbonyl (C=O) groups is 3. The van der Waals surface area contributed by atoms with Crippen molar-refractivity contribution in [3.8, 4) is 11.5 Å². The Morgan fingerprint density at radius 1 is 1.17 bits per heavy atom. The van der Waals surface area contributed by atoms with Crippen molar-refractivity contribution < 1.29 is 28.6 Å². The van der Waals surface area contributed by atoms with Crippen LogP contribution in [0.5, 0.6) is 11.5 Å². The Labute approximate surface area is 176 Å². The molecule has 0 spiro atoms.